The summed E-state index contributed by atoms with van der Waals surface area (Å²) in [7, 11) is 1.74. The van der Waals surface area contributed by atoms with Gasteiger partial charge in [-0.1, -0.05) is 6.07 Å². The molecule has 3 aromatic rings. The van der Waals surface area contributed by atoms with Crippen LogP contribution in [0.1, 0.15) is 37.2 Å². The number of pyridine rings is 2. The second-order valence-electron chi connectivity index (χ2n) is 9.76. The Morgan fingerprint density at radius 2 is 1.92 bits per heavy atom. The van der Waals surface area contributed by atoms with Gasteiger partial charge in [-0.2, -0.15) is 18.2 Å². The number of nitrogens with zero attached hydrogens (tertiary/aromatic N) is 6. The Balaban J connectivity index is 1.29. The van der Waals surface area contributed by atoms with Gasteiger partial charge in [-0.3, -0.25) is 4.79 Å². The third kappa shape index (κ3) is 4.93. The third-order valence-corrected chi connectivity index (χ3v) is 6.39. The second-order valence-corrected chi connectivity index (χ2v) is 9.76. The van der Waals surface area contributed by atoms with E-state index in [-0.39, 0.29) is 17.5 Å². The summed E-state index contributed by atoms with van der Waals surface area (Å²) in [4.78, 5) is 33.4. The number of alkyl halides is 3. The molecule has 13 heteroatoms. The predicted molar refractivity (Wildman–Crippen MR) is 132 cm³/mol. The third-order valence-electron chi connectivity index (χ3n) is 6.39. The molecule has 0 bridgehead atoms. The summed E-state index contributed by atoms with van der Waals surface area (Å²) in [5.74, 6) is 1.13. The molecule has 0 saturated heterocycles. The second kappa shape index (κ2) is 9.39. The molecule has 0 aromatic carbocycles. The number of rotatable bonds is 6. The topological polar surface area (TPSA) is 117 Å². The number of likely N-dealkylation sites (N-methyl/N-ethyl adjacent to an activating group) is 1. The van der Waals surface area contributed by atoms with Crippen LogP contribution in [0.2, 0.25) is 0 Å². The molecule has 3 aromatic heterocycles. The van der Waals surface area contributed by atoms with Crippen LogP contribution >= 0.6 is 0 Å². The minimum Gasteiger partial charge on any atom is -0.437 e. The number of anilines is 3. The lowest BCUT2D eigenvalue weighted by Gasteiger charge is -2.46. The molecule has 0 radical (unpaired) electrons. The number of carbonyl (C=O) groups is 1. The molecule has 5 rings (SSSR count). The number of aromatic nitrogens is 4. The molecule has 0 unspecified atom stereocenters. The zero-order valence-corrected chi connectivity index (χ0v) is 21.0. The number of carbonyl (C=O) groups excluding carboxylic acids is 1. The largest absolute Gasteiger partial charge is 0.437 e. The van der Waals surface area contributed by atoms with E-state index >= 15 is 0 Å². The van der Waals surface area contributed by atoms with Gasteiger partial charge in [0, 0.05) is 32.4 Å². The number of amides is 1. The molecule has 0 spiro atoms. The first-order chi connectivity index (χ1) is 17.9. The highest BCUT2D eigenvalue weighted by Gasteiger charge is 2.47. The SMILES string of the molecule is CN1c2nc(NCc3ccc(Oc4ccc(C(F)(F)F)nc4)nc3)nc3c2N(CCC3)C(=O)[C@@H]1C(C)(C)O. The van der Waals surface area contributed by atoms with Crippen LogP contribution in [0.25, 0.3) is 0 Å². The molecule has 2 aliphatic rings. The van der Waals surface area contributed by atoms with Crippen molar-refractivity contribution in [2.24, 2.45) is 0 Å². The van der Waals surface area contributed by atoms with Gasteiger partial charge >= 0.3 is 6.18 Å². The molecule has 5 heterocycles. The van der Waals surface area contributed by atoms with Gasteiger partial charge in [0.25, 0.3) is 5.91 Å². The number of hydrogen-bond acceptors (Lipinski definition) is 9. The number of ether oxygens (including phenoxy) is 1. The maximum Gasteiger partial charge on any atom is 0.433 e. The number of halogens is 3. The maximum absolute atomic E-state index is 13.1. The summed E-state index contributed by atoms with van der Waals surface area (Å²) in [6, 6.07) is 4.60. The van der Waals surface area contributed by atoms with E-state index in [0.29, 0.717) is 37.0 Å². The van der Waals surface area contributed by atoms with Crippen molar-refractivity contribution >= 4 is 23.4 Å². The molecule has 1 amide bonds. The van der Waals surface area contributed by atoms with Crippen molar-refractivity contribution in [3.05, 3.63) is 53.6 Å². The van der Waals surface area contributed by atoms with Gasteiger partial charge in [0.15, 0.2) is 5.82 Å². The van der Waals surface area contributed by atoms with Gasteiger partial charge in [0.05, 0.1) is 17.5 Å². The van der Waals surface area contributed by atoms with Crippen LogP contribution in [0.5, 0.6) is 11.6 Å². The average Bonchev–Trinajstić information content (AvgIpc) is 2.85. The van der Waals surface area contributed by atoms with Crippen molar-refractivity contribution in [2.45, 2.75) is 51.1 Å². The summed E-state index contributed by atoms with van der Waals surface area (Å²) in [6.45, 7) is 4.11. The molecular weight excluding hydrogens is 503 g/mol. The standard InChI is InChI=1S/C25H26F3N7O3/c1-24(2,37)20-22(36)35-10-4-5-16-19(35)21(34(20)3)33-23(32-16)31-12-14-6-9-18(30-11-14)38-15-7-8-17(29-13-15)25(26,27)28/h6-9,11,13,20,37H,4-5,10,12H2,1-3H3,(H,31,32,33)/t20-/m1/s1. The van der Waals surface area contributed by atoms with Crippen molar-refractivity contribution in [3.8, 4) is 11.6 Å². The molecule has 10 nitrogen and oxygen atoms in total. The fraction of sp³-hybridized carbons (Fsp3) is 0.400. The van der Waals surface area contributed by atoms with E-state index < -0.39 is 23.5 Å². The Morgan fingerprint density at radius 1 is 1.13 bits per heavy atom. The molecular formula is C25H26F3N7O3. The van der Waals surface area contributed by atoms with E-state index in [9.17, 15) is 23.1 Å². The van der Waals surface area contributed by atoms with Crippen LogP contribution in [0.4, 0.5) is 30.6 Å². The number of hydrogen-bond donors (Lipinski definition) is 2. The molecule has 1 atom stereocenters. The van der Waals surface area contributed by atoms with Crippen LogP contribution in [-0.2, 0) is 23.9 Å². The normalized spacial score (nSPS) is 17.3. The lowest BCUT2D eigenvalue weighted by molar-refractivity contribution is -0.141. The first-order valence-corrected chi connectivity index (χ1v) is 12.0. The van der Waals surface area contributed by atoms with Gasteiger partial charge in [-0.05, 0) is 44.4 Å². The van der Waals surface area contributed by atoms with Crippen molar-refractivity contribution in [1.29, 1.82) is 0 Å². The van der Waals surface area contributed by atoms with Crippen LogP contribution in [-0.4, -0.2) is 56.2 Å². The monoisotopic (exact) mass is 529 g/mol. The van der Waals surface area contributed by atoms with E-state index in [4.69, 9.17) is 4.74 Å². The minimum atomic E-state index is -4.52. The molecule has 200 valence electrons. The first kappa shape index (κ1) is 25.6. The molecule has 0 fully saturated rings. The highest BCUT2D eigenvalue weighted by Crippen LogP contribution is 2.41. The summed E-state index contributed by atoms with van der Waals surface area (Å²) in [6.07, 6.45) is -0.491. The first-order valence-electron chi connectivity index (χ1n) is 12.0. The average molecular weight is 530 g/mol. The lowest BCUT2D eigenvalue weighted by Crippen LogP contribution is -2.62. The number of aryl methyl sites for hydroxylation is 1. The van der Waals surface area contributed by atoms with E-state index in [2.05, 4.69) is 25.3 Å². The van der Waals surface area contributed by atoms with Crippen molar-refractivity contribution in [2.75, 3.05) is 28.7 Å². The van der Waals surface area contributed by atoms with Crippen molar-refractivity contribution < 1.29 is 27.8 Å². The number of aliphatic hydroxyl groups is 1. The van der Waals surface area contributed by atoms with E-state index in [1.165, 1.54) is 6.07 Å². The van der Waals surface area contributed by atoms with E-state index in [1.807, 2.05) is 0 Å². The Labute approximate surface area is 216 Å². The predicted octanol–water partition coefficient (Wildman–Crippen LogP) is 3.56. The molecule has 0 saturated carbocycles. The maximum atomic E-state index is 13.1. The summed E-state index contributed by atoms with van der Waals surface area (Å²) < 4.78 is 43.5. The van der Waals surface area contributed by atoms with Crippen LogP contribution < -0.4 is 19.9 Å². The van der Waals surface area contributed by atoms with Gasteiger partial charge < -0.3 is 25.0 Å². The summed E-state index contributed by atoms with van der Waals surface area (Å²) >= 11 is 0. The zero-order valence-electron chi connectivity index (χ0n) is 21.0. The molecule has 0 aliphatic carbocycles. The molecule has 38 heavy (non-hydrogen) atoms. The minimum absolute atomic E-state index is 0.133. The van der Waals surface area contributed by atoms with Gasteiger partial charge in [-0.25, -0.2) is 15.0 Å². The Morgan fingerprint density at radius 3 is 2.55 bits per heavy atom. The molecule has 2 aliphatic heterocycles. The fourth-order valence-electron chi connectivity index (χ4n) is 4.70. The number of nitrogens with one attached hydrogen (secondary N) is 1. The van der Waals surface area contributed by atoms with Gasteiger partial charge in [0.1, 0.15) is 23.2 Å². The fourth-order valence-corrected chi connectivity index (χ4v) is 4.70. The Bertz CT molecular complexity index is 1340. The van der Waals surface area contributed by atoms with Crippen LogP contribution in [0, 0.1) is 0 Å². The van der Waals surface area contributed by atoms with E-state index in [0.717, 1.165) is 29.9 Å². The highest BCUT2D eigenvalue weighted by atomic mass is 19.4. The zero-order chi connectivity index (χ0) is 27.2. The smallest absolute Gasteiger partial charge is 0.433 e. The van der Waals surface area contributed by atoms with Crippen molar-refractivity contribution in [3.63, 3.8) is 0 Å². The van der Waals surface area contributed by atoms with Crippen LogP contribution in [0.15, 0.2) is 36.7 Å². The van der Waals surface area contributed by atoms with Gasteiger partial charge in [-0.15, -0.1) is 0 Å². The van der Waals surface area contributed by atoms with Crippen molar-refractivity contribution in [1.82, 2.24) is 19.9 Å². The molecule has 2 N–H and O–H groups in total. The Kier molecular flexibility index (Phi) is 6.33. The summed E-state index contributed by atoms with van der Waals surface area (Å²) in [5, 5.41) is 13.9. The highest BCUT2D eigenvalue weighted by molar-refractivity contribution is 6.06. The van der Waals surface area contributed by atoms with Gasteiger partial charge in [0.2, 0.25) is 11.8 Å². The Hall–Kier alpha value is -4.00. The summed E-state index contributed by atoms with van der Waals surface area (Å²) in [5.41, 5.74) is -0.0249. The van der Waals surface area contributed by atoms with E-state index in [1.54, 1.807) is 49.0 Å². The lowest BCUT2D eigenvalue weighted by atomic mass is 9.92. The quantitative estimate of drug-likeness (QED) is 0.494. The van der Waals surface area contributed by atoms with Crippen LogP contribution in [0.3, 0.4) is 0 Å².